The van der Waals surface area contributed by atoms with E-state index < -0.39 is 5.97 Å². The molecule has 7 nitrogen and oxygen atoms in total. The Hall–Kier alpha value is -4.00. The Bertz CT molecular complexity index is 1470. The molecule has 0 amide bonds. The van der Waals surface area contributed by atoms with Crippen molar-refractivity contribution in [2.75, 3.05) is 20.0 Å². The van der Waals surface area contributed by atoms with Gasteiger partial charge in [-0.15, -0.1) is 11.8 Å². The molecule has 200 valence electrons. The number of benzene rings is 2. The lowest BCUT2D eigenvalue weighted by Gasteiger charge is -2.14. The Morgan fingerprint density at radius 1 is 1.18 bits per heavy atom. The van der Waals surface area contributed by atoms with Gasteiger partial charge in [0.05, 0.1) is 49.9 Å². The molecular weight excluding hydrogens is 532 g/mol. The first-order valence-electron chi connectivity index (χ1n) is 12.2. The fourth-order valence-electron chi connectivity index (χ4n) is 4.42. The van der Waals surface area contributed by atoms with E-state index >= 15 is 0 Å². The van der Waals surface area contributed by atoms with Crippen molar-refractivity contribution in [3.05, 3.63) is 88.2 Å². The smallest absolute Gasteiger partial charge is 0.304 e. The third-order valence-electron chi connectivity index (χ3n) is 6.34. The van der Waals surface area contributed by atoms with E-state index in [-0.39, 0.29) is 6.42 Å². The van der Waals surface area contributed by atoms with Gasteiger partial charge in [-0.1, -0.05) is 24.4 Å². The van der Waals surface area contributed by atoms with E-state index in [1.54, 1.807) is 20.5 Å². The molecule has 9 heteroatoms. The van der Waals surface area contributed by atoms with Crippen LogP contribution in [-0.4, -0.2) is 36.0 Å². The number of carbonyl (C=O) groups is 1. The molecule has 0 spiro atoms. The first-order chi connectivity index (χ1) is 18.8. The normalized spacial score (nSPS) is 13.2. The maximum atomic E-state index is 11.0. The van der Waals surface area contributed by atoms with Gasteiger partial charge in [-0.25, -0.2) is 4.85 Å². The highest BCUT2D eigenvalue weighted by Crippen LogP contribution is 2.46. The average Bonchev–Trinajstić information content (AvgIpc) is 3.54. The zero-order chi connectivity index (χ0) is 27.9. The SMILES string of the molecule is [C-]#[N+]c1ccc2c(c1)C(CC(=S)NCc1ccco1)=C(C)/C2=C/c1cc(OC)c(SCCC(=O)O)c(OC)c1. The molecule has 0 radical (unpaired) electrons. The van der Waals surface area contributed by atoms with Gasteiger partial charge in [-0.05, 0) is 76.7 Å². The lowest BCUT2D eigenvalue weighted by atomic mass is 10.00. The molecule has 0 saturated heterocycles. The van der Waals surface area contributed by atoms with Gasteiger partial charge in [0.2, 0.25) is 0 Å². The summed E-state index contributed by atoms with van der Waals surface area (Å²) < 4.78 is 16.7. The van der Waals surface area contributed by atoms with Crippen LogP contribution < -0.4 is 14.8 Å². The van der Waals surface area contributed by atoms with Gasteiger partial charge in [-0.2, -0.15) is 0 Å². The maximum absolute atomic E-state index is 11.0. The van der Waals surface area contributed by atoms with Crippen molar-refractivity contribution in [3.8, 4) is 11.5 Å². The van der Waals surface area contributed by atoms with E-state index in [0.717, 1.165) is 44.1 Å². The number of nitrogens with zero attached hydrogens (tertiary/aromatic N) is 1. The average molecular weight is 561 g/mol. The first-order valence-corrected chi connectivity index (χ1v) is 13.6. The largest absolute Gasteiger partial charge is 0.495 e. The minimum Gasteiger partial charge on any atom is -0.495 e. The van der Waals surface area contributed by atoms with Crippen LogP contribution in [0.2, 0.25) is 0 Å². The van der Waals surface area contributed by atoms with Crippen LogP contribution in [0.5, 0.6) is 11.5 Å². The third-order valence-corrected chi connectivity index (χ3v) is 7.73. The molecule has 1 aromatic heterocycles. The van der Waals surface area contributed by atoms with Gasteiger partial charge in [0.1, 0.15) is 17.3 Å². The summed E-state index contributed by atoms with van der Waals surface area (Å²) in [6.07, 6.45) is 4.28. The number of aliphatic carboxylic acids is 1. The minimum atomic E-state index is -0.850. The molecule has 0 bridgehead atoms. The van der Waals surface area contributed by atoms with Gasteiger partial charge in [0.15, 0.2) is 5.69 Å². The number of carboxylic acid groups (broad SMARTS) is 1. The lowest BCUT2D eigenvalue weighted by molar-refractivity contribution is -0.136. The number of methoxy groups -OCH3 is 2. The summed E-state index contributed by atoms with van der Waals surface area (Å²) in [5, 5.41) is 12.3. The molecule has 3 aromatic rings. The fraction of sp³-hybridized carbons (Fsp3) is 0.233. The van der Waals surface area contributed by atoms with Gasteiger partial charge < -0.3 is 24.3 Å². The van der Waals surface area contributed by atoms with Crippen LogP contribution in [0.4, 0.5) is 5.69 Å². The van der Waals surface area contributed by atoms with Gasteiger partial charge in [-0.3, -0.25) is 4.79 Å². The molecule has 0 aliphatic heterocycles. The summed E-state index contributed by atoms with van der Waals surface area (Å²) in [7, 11) is 3.17. The van der Waals surface area contributed by atoms with Crippen LogP contribution in [0.25, 0.3) is 22.1 Å². The van der Waals surface area contributed by atoms with Gasteiger partial charge >= 0.3 is 5.97 Å². The van der Waals surface area contributed by atoms with Crippen LogP contribution in [-0.2, 0) is 11.3 Å². The van der Waals surface area contributed by atoms with Crippen molar-refractivity contribution >= 4 is 57.8 Å². The number of nitrogens with one attached hydrogen (secondary N) is 1. The molecule has 1 aliphatic carbocycles. The first kappa shape index (κ1) is 28.0. The van der Waals surface area contributed by atoms with Gasteiger partial charge in [0, 0.05) is 12.2 Å². The lowest BCUT2D eigenvalue weighted by Crippen LogP contribution is -2.20. The Morgan fingerprint density at radius 3 is 2.54 bits per heavy atom. The maximum Gasteiger partial charge on any atom is 0.304 e. The zero-order valence-electron chi connectivity index (χ0n) is 21.9. The molecule has 2 aromatic carbocycles. The Morgan fingerprint density at radius 2 is 1.92 bits per heavy atom. The van der Waals surface area contributed by atoms with Crippen molar-refractivity contribution < 1.29 is 23.8 Å². The van der Waals surface area contributed by atoms with Crippen molar-refractivity contribution in [1.29, 1.82) is 0 Å². The summed E-state index contributed by atoms with van der Waals surface area (Å²) in [5.74, 6) is 1.58. The second-order valence-corrected chi connectivity index (χ2v) is 10.4. The number of thiocarbonyl (C=S) groups is 1. The Labute approximate surface area is 237 Å². The van der Waals surface area contributed by atoms with Crippen molar-refractivity contribution in [3.63, 3.8) is 0 Å². The third kappa shape index (κ3) is 6.53. The van der Waals surface area contributed by atoms with E-state index in [2.05, 4.69) is 23.2 Å². The number of ether oxygens (including phenoxy) is 2. The molecule has 1 heterocycles. The number of rotatable bonds is 11. The van der Waals surface area contributed by atoms with Gasteiger partial charge in [0.25, 0.3) is 0 Å². The summed E-state index contributed by atoms with van der Waals surface area (Å²) in [6.45, 7) is 10.1. The number of thioether (sulfide) groups is 1. The van der Waals surface area contributed by atoms with E-state index in [9.17, 15) is 4.79 Å². The monoisotopic (exact) mass is 560 g/mol. The summed E-state index contributed by atoms with van der Waals surface area (Å²) in [5.41, 5.74) is 6.64. The molecule has 0 unspecified atom stereocenters. The van der Waals surface area contributed by atoms with E-state index in [4.69, 9.17) is 37.8 Å². The van der Waals surface area contributed by atoms with Crippen LogP contribution in [0, 0.1) is 6.57 Å². The number of allylic oxidation sites excluding steroid dienone is 2. The Balaban J connectivity index is 1.69. The highest BCUT2D eigenvalue weighted by Gasteiger charge is 2.25. The van der Waals surface area contributed by atoms with E-state index in [0.29, 0.717) is 40.9 Å². The number of furan rings is 1. The number of hydrogen-bond acceptors (Lipinski definition) is 6. The number of hydrogen-bond donors (Lipinski definition) is 2. The van der Waals surface area contributed by atoms with Crippen molar-refractivity contribution in [2.24, 2.45) is 0 Å². The summed E-state index contributed by atoms with van der Waals surface area (Å²) >= 11 is 7.06. The van der Waals surface area contributed by atoms with Crippen LogP contribution >= 0.6 is 24.0 Å². The molecule has 1 aliphatic rings. The van der Waals surface area contributed by atoms with Crippen LogP contribution in [0.3, 0.4) is 0 Å². The molecule has 2 N–H and O–H groups in total. The standard InChI is InChI=1S/C30H28N2O5S2/c1-18-23(12-19-13-26(35-3)30(27(14-19)36-4)39-11-9-29(33)34)22-8-7-20(31-2)15-25(22)24(18)16-28(38)32-17-21-6-5-10-37-21/h5-8,10,12-15H,9,11,16-17H2,1,3-4H3,(H,32,38)(H,33,34)/b23-12-. The highest BCUT2D eigenvalue weighted by atomic mass is 32.2. The fourth-order valence-corrected chi connectivity index (χ4v) is 5.69. The molecule has 4 rings (SSSR count). The van der Waals surface area contributed by atoms with Crippen molar-refractivity contribution in [2.45, 2.75) is 31.2 Å². The number of carboxylic acids is 1. The molecule has 0 atom stereocenters. The van der Waals surface area contributed by atoms with Crippen LogP contribution in [0.1, 0.15) is 42.2 Å². The quantitative estimate of drug-likeness (QED) is 0.144. The molecule has 0 fully saturated rings. The highest BCUT2D eigenvalue weighted by molar-refractivity contribution is 7.99. The number of fused-ring (bicyclic) bond motifs is 1. The van der Waals surface area contributed by atoms with Crippen LogP contribution in [0.15, 0.2) is 63.6 Å². The minimum absolute atomic E-state index is 0.0388. The molecule has 39 heavy (non-hydrogen) atoms. The van der Waals surface area contributed by atoms with Crippen molar-refractivity contribution in [1.82, 2.24) is 5.32 Å². The Kier molecular flexibility index (Phi) is 9.12. The predicted molar refractivity (Wildman–Crippen MR) is 158 cm³/mol. The molecule has 0 saturated carbocycles. The second kappa shape index (κ2) is 12.7. The van der Waals surface area contributed by atoms with E-state index in [1.807, 2.05) is 42.5 Å². The second-order valence-electron chi connectivity index (χ2n) is 8.78. The zero-order valence-corrected chi connectivity index (χ0v) is 23.5. The predicted octanol–water partition coefficient (Wildman–Crippen LogP) is 7.25. The summed E-state index contributed by atoms with van der Waals surface area (Å²) in [6, 6.07) is 13.3. The van der Waals surface area contributed by atoms with E-state index in [1.165, 1.54) is 11.8 Å². The molecular formula is C30H28N2O5S2. The summed E-state index contributed by atoms with van der Waals surface area (Å²) in [4.78, 5) is 16.1. The topological polar surface area (TPSA) is 85.3 Å².